The van der Waals surface area contributed by atoms with Crippen molar-refractivity contribution in [1.82, 2.24) is 15.6 Å². The summed E-state index contributed by atoms with van der Waals surface area (Å²) >= 11 is 1.20. The van der Waals surface area contributed by atoms with E-state index in [9.17, 15) is 23.2 Å². The number of nitrogens with one attached hydrogen (secondary N) is 1. The van der Waals surface area contributed by atoms with E-state index < -0.39 is 23.2 Å². The van der Waals surface area contributed by atoms with Gasteiger partial charge in [0.05, 0.1) is 22.7 Å². The van der Waals surface area contributed by atoms with Gasteiger partial charge in [-0.2, -0.15) is 5.26 Å². The highest BCUT2D eigenvalue weighted by Gasteiger charge is 2.44. The highest BCUT2D eigenvalue weighted by Crippen LogP contribution is 2.47. The summed E-state index contributed by atoms with van der Waals surface area (Å²) in [5, 5.41) is 19.8. The van der Waals surface area contributed by atoms with Gasteiger partial charge in [0.15, 0.2) is 16.6 Å². The highest BCUT2D eigenvalue weighted by molar-refractivity contribution is 7.99. The van der Waals surface area contributed by atoms with E-state index >= 15 is 0 Å². The number of nitrogens with zero attached hydrogens (tertiary/aromatic N) is 4. The van der Waals surface area contributed by atoms with E-state index in [0.29, 0.717) is 22.9 Å². The zero-order valence-corrected chi connectivity index (χ0v) is 19.0. The molecule has 0 radical (unpaired) electrons. The lowest BCUT2D eigenvalue weighted by Crippen LogP contribution is -2.25. The average molecular weight is 501 g/mol. The van der Waals surface area contributed by atoms with Gasteiger partial charge in [0, 0.05) is 17.9 Å². The second-order valence-corrected chi connectivity index (χ2v) is 8.88. The number of rotatable bonds is 9. The van der Waals surface area contributed by atoms with E-state index in [4.69, 9.17) is 10.4 Å². The molecule has 0 saturated heterocycles. The van der Waals surface area contributed by atoms with E-state index in [0.717, 1.165) is 30.5 Å². The van der Waals surface area contributed by atoms with Crippen molar-refractivity contribution in [1.29, 1.82) is 5.26 Å². The van der Waals surface area contributed by atoms with Gasteiger partial charge in [-0.15, -0.1) is 0 Å². The number of nitriles is 1. The first-order valence-corrected chi connectivity index (χ1v) is 11.5. The van der Waals surface area contributed by atoms with Gasteiger partial charge in [-0.25, -0.2) is 22.8 Å². The molecule has 1 fully saturated rings. The average Bonchev–Trinajstić information content (AvgIpc) is 3.52. The molecule has 4 rings (SSSR count). The Bertz CT molecular complexity index is 1300. The normalized spacial score (nSPS) is 14.5. The minimum Gasteiger partial charge on any atom is -0.382 e. The van der Waals surface area contributed by atoms with Crippen LogP contribution in [0.2, 0.25) is 0 Å². The highest BCUT2D eigenvalue weighted by atomic mass is 32.2. The Balaban J connectivity index is 1.32. The Morgan fingerprint density at radius 1 is 1.26 bits per heavy atom. The van der Waals surface area contributed by atoms with E-state index in [1.54, 1.807) is 24.3 Å². The fourth-order valence-corrected chi connectivity index (χ4v) is 4.10. The molecular weight excluding hydrogens is 481 g/mol. The number of hydrogen-bond acceptors (Lipinski definition) is 7. The van der Waals surface area contributed by atoms with Gasteiger partial charge >= 0.3 is 0 Å². The SMILES string of the molecule is N#CC1(c2ccc(C(=O)NCCSc3nonc3C(N)=Nc3ccc(F)c(C(F)F)c3)cc2)CC1. The number of nitrogens with two attached hydrogens (primary N) is 1. The minimum absolute atomic E-state index is 0.0267. The molecule has 3 aromatic rings. The number of hydrogen-bond donors (Lipinski definition) is 2. The predicted molar refractivity (Wildman–Crippen MR) is 122 cm³/mol. The van der Waals surface area contributed by atoms with Crippen LogP contribution in [0, 0.1) is 17.1 Å². The van der Waals surface area contributed by atoms with Crippen LogP contribution in [0.3, 0.4) is 0 Å². The number of aliphatic imine (C=N–C) groups is 1. The Hall–Kier alpha value is -3.85. The van der Waals surface area contributed by atoms with Crippen LogP contribution in [0.25, 0.3) is 0 Å². The minimum atomic E-state index is -2.99. The summed E-state index contributed by atoms with van der Waals surface area (Å²) in [7, 11) is 0. The third-order valence-electron chi connectivity index (χ3n) is 5.46. The molecular formula is C23H19F3N6O2S. The van der Waals surface area contributed by atoms with Crippen LogP contribution >= 0.6 is 11.8 Å². The van der Waals surface area contributed by atoms with E-state index in [1.165, 1.54) is 17.8 Å². The summed E-state index contributed by atoms with van der Waals surface area (Å²) in [6, 6.07) is 12.3. The Labute approximate surface area is 202 Å². The lowest BCUT2D eigenvalue weighted by molar-refractivity contribution is 0.0956. The molecule has 2 aromatic carbocycles. The summed E-state index contributed by atoms with van der Waals surface area (Å²) in [5.41, 5.74) is 6.27. The molecule has 180 valence electrons. The van der Waals surface area contributed by atoms with Gasteiger partial charge in [0.25, 0.3) is 12.3 Å². The summed E-state index contributed by atoms with van der Waals surface area (Å²) < 4.78 is 44.0. The molecule has 1 aromatic heterocycles. The molecule has 3 N–H and O–H groups in total. The third-order valence-corrected chi connectivity index (χ3v) is 6.40. The number of halogens is 3. The topological polar surface area (TPSA) is 130 Å². The van der Waals surface area contributed by atoms with Crippen molar-refractivity contribution in [3.63, 3.8) is 0 Å². The Kier molecular flexibility index (Phi) is 7.07. The maximum absolute atomic E-state index is 13.5. The maximum Gasteiger partial charge on any atom is 0.266 e. The van der Waals surface area contributed by atoms with Crippen LogP contribution < -0.4 is 11.1 Å². The lowest BCUT2D eigenvalue weighted by Gasteiger charge is -2.08. The summed E-state index contributed by atoms with van der Waals surface area (Å²) in [6.45, 7) is 0.298. The molecule has 12 heteroatoms. The fraction of sp³-hybridized carbons (Fsp3) is 0.261. The van der Waals surface area contributed by atoms with Gasteiger partial charge in [-0.05, 0) is 59.1 Å². The largest absolute Gasteiger partial charge is 0.382 e. The van der Waals surface area contributed by atoms with Crippen LogP contribution in [-0.2, 0) is 5.41 Å². The zero-order chi connectivity index (χ0) is 25.0. The molecule has 1 heterocycles. The van der Waals surface area contributed by atoms with Crippen molar-refractivity contribution < 1.29 is 22.6 Å². The van der Waals surface area contributed by atoms with Crippen molar-refractivity contribution in [3.05, 3.63) is 70.7 Å². The maximum atomic E-state index is 13.5. The molecule has 1 aliphatic rings. The molecule has 1 amide bonds. The van der Waals surface area contributed by atoms with Crippen LogP contribution in [0.15, 0.2) is 57.1 Å². The number of amides is 1. The zero-order valence-electron chi connectivity index (χ0n) is 18.2. The van der Waals surface area contributed by atoms with Gasteiger partial charge in [-0.3, -0.25) is 4.79 Å². The number of carbonyl (C=O) groups excluding carboxylic acids is 1. The van der Waals surface area contributed by atoms with E-state index in [2.05, 4.69) is 26.7 Å². The van der Waals surface area contributed by atoms with Crippen molar-refractivity contribution in [2.45, 2.75) is 29.7 Å². The smallest absolute Gasteiger partial charge is 0.266 e. The lowest BCUT2D eigenvalue weighted by atomic mass is 9.96. The first-order chi connectivity index (χ1) is 16.8. The molecule has 1 aliphatic carbocycles. The number of thioether (sulfide) groups is 1. The summed E-state index contributed by atoms with van der Waals surface area (Å²) in [6.07, 6.45) is -1.33. The molecule has 35 heavy (non-hydrogen) atoms. The van der Waals surface area contributed by atoms with Crippen molar-refractivity contribution in [3.8, 4) is 6.07 Å². The predicted octanol–water partition coefficient (Wildman–Crippen LogP) is 4.26. The van der Waals surface area contributed by atoms with Crippen molar-refractivity contribution >= 4 is 29.2 Å². The van der Waals surface area contributed by atoms with Gasteiger partial charge in [0.2, 0.25) is 0 Å². The van der Waals surface area contributed by atoms with Crippen molar-refractivity contribution in [2.24, 2.45) is 10.7 Å². The third kappa shape index (κ3) is 5.46. The monoisotopic (exact) mass is 500 g/mol. The van der Waals surface area contributed by atoms with Crippen LogP contribution in [0.1, 0.15) is 46.4 Å². The Morgan fingerprint density at radius 3 is 2.66 bits per heavy atom. The van der Waals surface area contributed by atoms with Crippen LogP contribution in [-0.4, -0.2) is 34.4 Å². The second-order valence-electron chi connectivity index (χ2n) is 7.80. The molecule has 0 unspecified atom stereocenters. The summed E-state index contributed by atoms with van der Waals surface area (Å²) in [5.74, 6) is -1.04. The molecule has 0 spiro atoms. The molecule has 1 saturated carbocycles. The number of carbonyl (C=O) groups is 1. The number of aromatic nitrogens is 2. The Morgan fingerprint density at radius 2 is 2.00 bits per heavy atom. The van der Waals surface area contributed by atoms with E-state index in [-0.39, 0.29) is 23.1 Å². The number of amidine groups is 1. The van der Waals surface area contributed by atoms with Gasteiger partial charge in [-0.1, -0.05) is 23.9 Å². The van der Waals surface area contributed by atoms with E-state index in [1.807, 2.05) is 0 Å². The molecule has 0 atom stereocenters. The van der Waals surface area contributed by atoms with Gasteiger partial charge < -0.3 is 11.1 Å². The molecule has 8 nitrogen and oxygen atoms in total. The van der Waals surface area contributed by atoms with Crippen LogP contribution in [0.5, 0.6) is 0 Å². The standard InChI is InChI=1S/C23H19F3N6O2S/c24-17-6-5-15(11-16(17)19(25)26)30-20(28)18-22(32-34-31-18)35-10-9-29-21(33)13-1-3-14(4-2-13)23(12-27)7-8-23/h1-6,11,19H,7-10H2,(H2,28,30)(H,29,33). The van der Waals surface area contributed by atoms with Gasteiger partial charge in [0.1, 0.15) is 5.82 Å². The fourth-order valence-electron chi connectivity index (χ4n) is 3.34. The summed E-state index contributed by atoms with van der Waals surface area (Å²) in [4.78, 5) is 16.4. The number of alkyl halides is 2. The second kappa shape index (κ2) is 10.2. The quantitative estimate of drug-likeness (QED) is 0.194. The van der Waals surface area contributed by atoms with Crippen molar-refractivity contribution in [2.75, 3.05) is 12.3 Å². The van der Waals surface area contributed by atoms with Crippen LogP contribution in [0.4, 0.5) is 18.9 Å². The molecule has 0 bridgehead atoms. The number of benzene rings is 2. The first-order valence-electron chi connectivity index (χ1n) is 10.5. The first kappa shape index (κ1) is 24.3. The molecule has 0 aliphatic heterocycles.